The Kier molecular flexibility index (Phi) is 8.28. The van der Waals surface area contributed by atoms with Crippen molar-refractivity contribution < 1.29 is 14.8 Å². The van der Waals surface area contributed by atoms with Crippen LogP contribution in [-0.2, 0) is 9.59 Å². The number of carbonyl (C=O) groups is 2. The maximum absolute atomic E-state index is 9.45. The van der Waals surface area contributed by atoms with E-state index in [1.807, 2.05) is 0 Å². The smallest absolute Gasteiger partial charge is 0.240 e. The third-order valence-electron chi connectivity index (χ3n) is 0.157. The zero-order valence-corrected chi connectivity index (χ0v) is 5.34. The maximum atomic E-state index is 9.45. The van der Waals surface area contributed by atoms with Crippen molar-refractivity contribution in [2.45, 2.75) is 13.8 Å². The predicted octanol–water partition coefficient (Wildman–Crippen LogP) is -0.997. The molecule has 9 heavy (non-hydrogen) atoms. The minimum absolute atomic E-state index is 0.333. The summed E-state index contributed by atoms with van der Waals surface area (Å²) >= 11 is 0. The standard InChI is InChI=1S/C2H5NO2.C2H5NO/c1-2(4)3-5;1-2(3)4/h5H,1H3,(H,3,4);1H3,(H2,3,4). The van der Waals surface area contributed by atoms with Crippen molar-refractivity contribution in [3.8, 4) is 0 Å². The molecule has 0 aliphatic rings. The molecule has 5 nitrogen and oxygen atoms in total. The fourth-order valence-electron chi connectivity index (χ4n) is 0. The summed E-state index contributed by atoms with van der Waals surface area (Å²) in [7, 11) is 0. The summed E-state index contributed by atoms with van der Waals surface area (Å²) in [6.45, 7) is 2.53. The molecule has 0 saturated carbocycles. The van der Waals surface area contributed by atoms with Gasteiger partial charge in [-0.15, -0.1) is 0 Å². The fraction of sp³-hybridized carbons (Fsp3) is 0.500. The number of nitrogens with one attached hydrogen (secondary N) is 1. The summed E-state index contributed by atoms with van der Waals surface area (Å²) < 4.78 is 0. The highest BCUT2D eigenvalue weighted by Crippen LogP contribution is 1.44. The Morgan fingerprint density at radius 2 is 1.56 bits per heavy atom. The number of hydrogen-bond donors (Lipinski definition) is 3. The molecule has 4 N–H and O–H groups in total. The van der Waals surface area contributed by atoms with Gasteiger partial charge in [-0.2, -0.15) is 0 Å². The van der Waals surface area contributed by atoms with Gasteiger partial charge in [-0.05, 0) is 0 Å². The average Bonchev–Trinajstić information content (AvgIpc) is 1.65. The summed E-state index contributed by atoms with van der Waals surface area (Å²) in [4.78, 5) is 18.7. The molecule has 5 heteroatoms. The van der Waals surface area contributed by atoms with Crippen molar-refractivity contribution in [3.05, 3.63) is 0 Å². The number of carbonyl (C=O) groups excluding carboxylic acids is 2. The minimum Gasteiger partial charge on any atom is -0.370 e. The molecule has 0 atom stereocenters. The molecule has 0 rings (SSSR count). The highest BCUT2D eigenvalue weighted by molar-refractivity contribution is 5.71. The van der Waals surface area contributed by atoms with Crippen LogP contribution >= 0.6 is 0 Å². The quantitative estimate of drug-likeness (QED) is 0.293. The average molecular weight is 134 g/mol. The van der Waals surface area contributed by atoms with Crippen LogP contribution in [0, 0.1) is 0 Å². The summed E-state index contributed by atoms with van der Waals surface area (Å²) in [6, 6.07) is 0. The van der Waals surface area contributed by atoms with Gasteiger partial charge in [-0.3, -0.25) is 14.8 Å². The van der Waals surface area contributed by atoms with Gasteiger partial charge in [0.05, 0.1) is 0 Å². The van der Waals surface area contributed by atoms with Gasteiger partial charge in [0.1, 0.15) is 0 Å². The van der Waals surface area contributed by atoms with Gasteiger partial charge in [0.2, 0.25) is 11.8 Å². The van der Waals surface area contributed by atoms with Crippen LogP contribution in [0.25, 0.3) is 0 Å². The van der Waals surface area contributed by atoms with E-state index in [9.17, 15) is 9.59 Å². The second-order valence-electron chi connectivity index (χ2n) is 1.28. The van der Waals surface area contributed by atoms with E-state index < -0.39 is 5.91 Å². The molecular weight excluding hydrogens is 124 g/mol. The van der Waals surface area contributed by atoms with E-state index in [0.29, 0.717) is 0 Å². The Morgan fingerprint density at radius 1 is 1.44 bits per heavy atom. The van der Waals surface area contributed by atoms with Gasteiger partial charge in [0, 0.05) is 13.8 Å². The lowest BCUT2D eigenvalue weighted by atomic mass is 10.8. The maximum Gasteiger partial charge on any atom is 0.240 e. The number of hydrogen-bond acceptors (Lipinski definition) is 3. The van der Waals surface area contributed by atoms with Crippen molar-refractivity contribution in [2.75, 3.05) is 0 Å². The highest BCUT2D eigenvalue weighted by atomic mass is 16.5. The summed E-state index contributed by atoms with van der Waals surface area (Å²) in [6.07, 6.45) is 0. The molecule has 0 aliphatic heterocycles. The van der Waals surface area contributed by atoms with E-state index in [-0.39, 0.29) is 5.91 Å². The highest BCUT2D eigenvalue weighted by Gasteiger charge is 1.74. The van der Waals surface area contributed by atoms with Gasteiger partial charge < -0.3 is 5.73 Å². The number of primary amides is 1. The van der Waals surface area contributed by atoms with Crippen LogP contribution < -0.4 is 11.2 Å². The van der Waals surface area contributed by atoms with Crippen molar-refractivity contribution in [2.24, 2.45) is 5.73 Å². The molecule has 2 amide bonds. The normalized spacial score (nSPS) is 6.56. The van der Waals surface area contributed by atoms with Crippen molar-refractivity contribution in [1.29, 1.82) is 0 Å². The number of nitrogens with two attached hydrogens (primary N) is 1. The van der Waals surface area contributed by atoms with Crippen molar-refractivity contribution in [1.82, 2.24) is 5.48 Å². The van der Waals surface area contributed by atoms with Gasteiger partial charge in [-0.1, -0.05) is 0 Å². The van der Waals surface area contributed by atoms with Crippen LogP contribution in [0.5, 0.6) is 0 Å². The molecule has 0 heterocycles. The summed E-state index contributed by atoms with van der Waals surface area (Å²) in [5, 5.41) is 7.54. The molecule has 0 saturated heterocycles. The van der Waals surface area contributed by atoms with Gasteiger partial charge in [0.15, 0.2) is 0 Å². The van der Waals surface area contributed by atoms with Crippen molar-refractivity contribution >= 4 is 11.8 Å². The van der Waals surface area contributed by atoms with E-state index in [2.05, 4.69) is 5.73 Å². The van der Waals surface area contributed by atoms with E-state index in [1.54, 1.807) is 0 Å². The number of rotatable bonds is 0. The lowest BCUT2D eigenvalue weighted by Crippen LogP contribution is -2.12. The molecule has 0 aromatic rings. The van der Waals surface area contributed by atoms with Crippen LogP contribution in [0.4, 0.5) is 0 Å². The topological polar surface area (TPSA) is 92.4 Å². The van der Waals surface area contributed by atoms with Gasteiger partial charge >= 0.3 is 0 Å². The minimum atomic E-state index is -0.440. The largest absolute Gasteiger partial charge is 0.370 e. The molecule has 0 aliphatic carbocycles. The Balaban J connectivity index is 0. The molecule has 0 aromatic heterocycles. The first-order valence-corrected chi connectivity index (χ1v) is 2.17. The number of hydroxylamine groups is 1. The lowest BCUT2D eigenvalue weighted by Gasteiger charge is -1.78. The molecule has 0 fully saturated rings. The Morgan fingerprint density at radius 3 is 1.56 bits per heavy atom. The van der Waals surface area contributed by atoms with Crippen LogP contribution in [-0.4, -0.2) is 17.0 Å². The molecule has 0 spiro atoms. The Hall–Kier alpha value is -1.10. The van der Waals surface area contributed by atoms with Crippen molar-refractivity contribution in [3.63, 3.8) is 0 Å². The second kappa shape index (κ2) is 6.90. The van der Waals surface area contributed by atoms with Crippen LogP contribution in [0.2, 0.25) is 0 Å². The predicted molar refractivity (Wildman–Crippen MR) is 30.5 cm³/mol. The van der Waals surface area contributed by atoms with Crippen LogP contribution in [0.3, 0.4) is 0 Å². The first kappa shape index (κ1) is 10.8. The summed E-state index contributed by atoms with van der Waals surface area (Å²) in [5.74, 6) is -0.773. The van der Waals surface area contributed by atoms with E-state index in [4.69, 9.17) is 5.21 Å². The molecule has 0 bridgehead atoms. The second-order valence-corrected chi connectivity index (χ2v) is 1.28. The number of amides is 2. The monoisotopic (exact) mass is 134 g/mol. The molecule has 54 valence electrons. The molecule has 0 aromatic carbocycles. The zero-order valence-electron chi connectivity index (χ0n) is 5.34. The van der Waals surface area contributed by atoms with Crippen LogP contribution in [0.15, 0.2) is 0 Å². The van der Waals surface area contributed by atoms with E-state index in [0.717, 1.165) is 0 Å². The van der Waals surface area contributed by atoms with Gasteiger partial charge in [-0.25, -0.2) is 5.48 Å². The summed E-state index contributed by atoms with van der Waals surface area (Å²) in [5.41, 5.74) is 5.86. The van der Waals surface area contributed by atoms with Crippen LogP contribution in [0.1, 0.15) is 13.8 Å². The zero-order chi connectivity index (χ0) is 7.86. The molecule has 0 unspecified atom stereocenters. The SMILES string of the molecule is CC(=O)NO.CC(N)=O. The Labute approximate surface area is 52.8 Å². The third-order valence-corrected chi connectivity index (χ3v) is 0.157. The fourth-order valence-corrected chi connectivity index (χ4v) is 0. The molecular formula is C4H10N2O3. The molecule has 0 radical (unpaired) electrons. The van der Waals surface area contributed by atoms with Gasteiger partial charge in [0.25, 0.3) is 0 Å². The third kappa shape index (κ3) is 205. The lowest BCUT2D eigenvalue weighted by molar-refractivity contribution is -0.126. The Bertz CT molecular complexity index is 98.0. The van der Waals surface area contributed by atoms with E-state index >= 15 is 0 Å². The first-order valence-electron chi connectivity index (χ1n) is 2.17. The van der Waals surface area contributed by atoms with E-state index in [1.165, 1.54) is 19.3 Å². The first-order chi connectivity index (χ1) is 4.00.